The fourth-order valence-corrected chi connectivity index (χ4v) is 3.29. The number of aromatic nitrogens is 4. The van der Waals surface area contributed by atoms with E-state index in [0.29, 0.717) is 0 Å². The first kappa shape index (κ1) is 31.3. The van der Waals surface area contributed by atoms with E-state index in [1.165, 1.54) is 0 Å². The predicted octanol–water partition coefficient (Wildman–Crippen LogP) is 9.01. The maximum Gasteiger partial charge on any atom is 0.0659 e. The summed E-state index contributed by atoms with van der Waals surface area (Å²) in [6.07, 6.45) is 8.05. The summed E-state index contributed by atoms with van der Waals surface area (Å²) in [5.74, 6) is 0. The summed E-state index contributed by atoms with van der Waals surface area (Å²) in [5.41, 5.74) is 7.86. The smallest absolute Gasteiger partial charge is 0.0659 e. The minimum absolute atomic E-state index is 0. The second-order valence-electron chi connectivity index (χ2n) is 6.98. The first-order valence-corrected chi connectivity index (χ1v) is 9.76. The molecule has 8 nitrogen and oxygen atoms in total. The largest absolute Gasteiger partial charge is 0.693 e. The molecule has 35 heavy (non-hydrogen) atoms. The average molecular weight is 517 g/mol. The van der Waals surface area contributed by atoms with Crippen molar-refractivity contribution in [2.75, 3.05) is 0 Å². The summed E-state index contributed by atoms with van der Waals surface area (Å²) >= 11 is 0. The summed E-state index contributed by atoms with van der Waals surface area (Å²) < 4.78 is 0. The fourth-order valence-electron chi connectivity index (χ4n) is 3.29. The molecular formula is C26H27N8Zn-5. The standard InChI is InChI=1S/C20H14N4.C6H5.4H2N.Zn/c1-2-14-10-16-5-6-18(23-16)12-20-8-7-19(24-20)11-17-4-3-15(22-17)9-13(1)21-14;1-2-4-6-5-3-1;;;;;/h1-12,21-22H;1-5H;4*1H2;/q;5*-1;. The third kappa shape index (κ3) is 8.22. The van der Waals surface area contributed by atoms with Crippen LogP contribution in [0, 0.1) is 6.07 Å². The van der Waals surface area contributed by atoms with Crippen molar-refractivity contribution in [2.45, 2.75) is 0 Å². The number of benzene rings is 1. The molecular weight excluding hydrogens is 490 g/mol. The van der Waals surface area contributed by atoms with Crippen molar-refractivity contribution in [3.8, 4) is 0 Å². The van der Waals surface area contributed by atoms with Crippen molar-refractivity contribution in [2.24, 2.45) is 0 Å². The van der Waals surface area contributed by atoms with E-state index in [1.807, 2.05) is 72.8 Å². The number of fused-ring (bicyclic) bond motifs is 8. The van der Waals surface area contributed by atoms with Crippen molar-refractivity contribution in [1.82, 2.24) is 19.9 Å². The molecule has 4 aromatic rings. The molecule has 3 aromatic heterocycles. The summed E-state index contributed by atoms with van der Waals surface area (Å²) in [5, 5.41) is 0. The summed E-state index contributed by atoms with van der Waals surface area (Å²) in [6, 6.07) is 28.9. The van der Waals surface area contributed by atoms with Crippen molar-refractivity contribution in [1.29, 1.82) is 0 Å². The molecule has 0 fully saturated rings. The number of H-pyrrole nitrogens is 2. The molecule has 2 aliphatic rings. The number of hydrogen-bond donors (Lipinski definition) is 2. The van der Waals surface area contributed by atoms with Crippen LogP contribution in [0.1, 0.15) is 22.8 Å². The Morgan fingerprint density at radius 2 is 0.857 bits per heavy atom. The predicted molar refractivity (Wildman–Crippen MR) is 145 cm³/mol. The molecule has 0 amide bonds. The monoisotopic (exact) mass is 515 g/mol. The van der Waals surface area contributed by atoms with Crippen LogP contribution in [0.25, 0.3) is 71.0 Å². The minimum Gasteiger partial charge on any atom is -0.693 e. The molecule has 0 radical (unpaired) electrons. The van der Waals surface area contributed by atoms with E-state index >= 15 is 0 Å². The molecule has 0 aliphatic carbocycles. The van der Waals surface area contributed by atoms with Gasteiger partial charge in [0.05, 0.1) is 22.8 Å². The van der Waals surface area contributed by atoms with Crippen LogP contribution in [-0.4, -0.2) is 19.9 Å². The Morgan fingerprint density at radius 3 is 1.20 bits per heavy atom. The molecule has 0 atom stereocenters. The summed E-state index contributed by atoms with van der Waals surface area (Å²) in [6.45, 7) is 0. The van der Waals surface area contributed by atoms with E-state index in [1.54, 1.807) is 0 Å². The van der Waals surface area contributed by atoms with Crippen molar-refractivity contribution < 1.29 is 19.5 Å². The topological polar surface area (TPSA) is 191 Å². The Bertz CT molecular complexity index is 1290. The Kier molecular flexibility index (Phi) is 13.0. The first-order valence-electron chi connectivity index (χ1n) is 9.76. The van der Waals surface area contributed by atoms with Gasteiger partial charge in [-0.2, -0.15) is 36.4 Å². The quantitative estimate of drug-likeness (QED) is 0.150. The minimum atomic E-state index is 0. The van der Waals surface area contributed by atoms with Crippen LogP contribution in [0.2, 0.25) is 0 Å². The maximum atomic E-state index is 4.62. The van der Waals surface area contributed by atoms with Gasteiger partial charge in [-0.05, 0) is 72.8 Å². The zero-order chi connectivity index (χ0) is 20.2. The van der Waals surface area contributed by atoms with Crippen LogP contribution in [0.15, 0.2) is 78.9 Å². The molecule has 10 N–H and O–H groups in total. The van der Waals surface area contributed by atoms with Gasteiger partial charge in [0.15, 0.2) is 0 Å². The molecule has 5 heterocycles. The van der Waals surface area contributed by atoms with Gasteiger partial charge in [0.2, 0.25) is 0 Å². The zero-order valence-electron chi connectivity index (χ0n) is 19.2. The molecule has 0 spiro atoms. The van der Waals surface area contributed by atoms with Gasteiger partial charge in [-0.25, -0.2) is 9.97 Å². The number of hydrogen-bond acceptors (Lipinski definition) is 2. The Labute approximate surface area is 217 Å². The van der Waals surface area contributed by atoms with Crippen LogP contribution >= 0.6 is 0 Å². The Balaban J connectivity index is 0.000000936. The second-order valence-corrected chi connectivity index (χ2v) is 6.98. The van der Waals surface area contributed by atoms with E-state index in [9.17, 15) is 0 Å². The van der Waals surface area contributed by atoms with Gasteiger partial charge in [0, 0.05) is 41.5 Å². The molecule has 6 rings (SSSR count). The van der Waals surface area contributed by atoms with Crippen LogP contribution in [0.3, 0.4) is 0 Å². The van der Waals surface area contributed by atoms with E-state index in [2.05, 4.69) is 56.3 Å². The van der Waals surface area contributed by atoms with Crippen LogP contribution in [-0.2, 0) is 19.5 Å². The number of rotatable bonds is 0. The third-order valence-electron chi connectivity index (χ3n) is 4.65. The van der Waals surface area contributed by atoms with Gasteiger partial charge in [0.25, 0.3) is 0 Å². The van der Waals surface area contributed by atoms with Crippen molar-refractivity contribution >= 4 is 46.4 Å². The van der Waals surface area contributed by atoms with E-state index < -0.39 is 0 Å². The fraction of sp³-hybridized carbons (Fsp3) is 0. The van der Waals surface area contributed by atoms with Crippen molar-refractivity contribution in [3.63, 3.8) is 0 Å². The van der Waals surface area contributed by atoms with Gasteiger partial charge in [0.1, 0.15) is 0 Å². The van der Waals surface area contributed by atoms with Crippen LogP contribution < -0.4 is 0 Å². The van der Waals surface area contributed by atoms with Crippen LogP contribution in [0.4, 0.5) is 0 Å². The molecule has 0 saturated heterocycles. The van der Waals surface area contributed by atoms with Gasteiger partial charge < -0.3 is 34.6 Å². The van der Waals surface area contributed by atoms with Gasteiger partial charge in [-0.3, -0.25) is 0 Å². The number of nitrogens with two attached hydrogens (primary N) is 4. The summed E-state index contributed by atoms with van der Waals surface area (Å²) in [7, 11) is 0. The van der Waals surface area contributed by atoms with E-state index in [-0.39, 0.29) is 44.1 Å². The van der Waals surface area contributed by atoms with E-state index in [4.69, 9.17) is 0 Å². The summed E-state index contributed by atoms with van der Waals surface area (Å²) in [4.78, 5) is 16.0. The molecule has 1 aromatic carbocycles. The molecule has 0 saturated carbocycles. The third-order valence-corrected chi connectivity index (χ3v) is 4.65. The number of nitrogens with zero attached hydrogens (tertiary/aromatic N) is 2. The number of aromatic amines is 2. The molecule has 8 bridgehead atoms. The Hall–Kier alpha value is -3.72. The van der Waals surface area contributed by atoms with Gasteiger partial charge >= 0.3 is 0 Å². The van der Waals surface area contributed by atoms with Crippen LogP contribution in [0.5, 0.6) is 0 Å². The SMILES string of the molecule is C1=Cc2cc3ccc(cc4ccc(cc5nc(cc1n2)C=C5)[nH]4)[nH]3.[NH2-].[NH2-].[NH2-].[NH2-].[Zn].[c-]1ccccc1. The second kappa shape index (κ2) is 14.5. The molecule has 0 unspecified atom stereocenters. The van der Waals surface area contributed by atoms with Gasteiger partial charge in [-0.1, -0.05) is 0 Å². The van der Waals surface area contributed by atoms with E-state index in [0.717, 1.165) is 44.8 Å². The normalized spacial score (nSPS) is 10.1. The first-order chi connectivity index (χ1) is 14.8. The zero-order valence-corrected chi connectivity index (χ0v) is 22.2. The molecule has 178 valence electrons. The molecule has 9 heteroatoms. The molecule has 2 aliphatic heterocycles. The Morgan fingerprint density at radius 1 is 0.486 bits per heavy atom. The van der Waals surface area contributed by atoms with Gasteiger partial charge in [-0.15, -0.1) is 0 Å². The maximum absolute atomic E-state index is 4.62. The van der Waals surface area contributed by atoms with Crippen molar-refractivity contribution in [3.05, 3.63) is 132 Å². The number of nitrogens with one attached hydrogen (secondary N) is 2. The average Bonchev–Trinajstić information content (AvgIpc) is 3.56.